The van der Waals surface area contributed by atoms with Crippen molar-refractivity contribution in [2.75, 3.05) is 6.54 Å². The van der Waals surface area contributed by atoms with Crippen molar-refractivity contribution in [1.29, 1.82) is 0 Å². The maximum atomic E-state index is 12.3. The normalized spacial score (nSPS) is 24.8. The highest BCUT2D eigenvalue weighted by Crippen LogP contribution is 2.42. The van der Waals surface area contributed by atoms with Crippen molar-refractivity contribution in [3.05, 3.63) is 33.7 Å². The van der Waals surface area contributed by atoms with Crippen LogP contribution in [0.3, 0.4) is 0 Å². The van der Waals surface area contributed by atoms with E-state index in [1.807, 2.05) is 18.4 Å². The van der Waals surface area contributed by atoms with Gasteiger partial charge >= 0.3 is 0 Å². The topological polar surface area (TPSA) is 58.2 Å². The summed E-state index contributed by atoms with van der Waals surface area (Å²) in [6, 6.07) is 1.96. The van der Waals surface area contributed by atoms with Gasteiger partial charge < -0.3 is 10.6 Å². The lowest BCUT2D eigenvalue weighted by atomic mass is 9.70. The number of rotatable bonds is 3. The van der Waals surface area contributed by atoms with Crippen LogP contribution in [-0.2, 0) is 4.79 Å². The van der Waals surface area contributed by atoms with Crippen molar-refractivity contribution >= 4 is 23.2 Å². The number of hydrogen-bond acceptors (Lipinski definition) is 3. The van der Waals surface area contributed by atoms with E-state index in [1.165, 1.54) is 11.3 Å². The maximum absolute atomic E-state index is 12.3. The number of carbonyl (C=O) groups excluding carboxylic acids is 2. The van der Waals surface area contributed by atoms with Gasteiger partial charge in [-0.15, -0.1) is 11.3 Å². The Morgan fingerprint density at radius 2 is 2.33 bits per heavy atom. The quantitative estimate of drug-likeness (QED) is 0.902. The van der Waals surface area contributed by atoms with E-state index in [9.17, 15) is 9.59 Å². The average molecular weight is 304 g/mol. The van der Waals surface area contributed by atoms with Gasteiger partial charge in [0, 0.05) is 24.1 Å². The third kappa shape index (κ3) is 2.75. The fourth-order valence-corrected chi connectivity index (χ4v) is 4.10. The van der Waals surface area contributed by atoms with Crippen LogP contribution >= 0.6 is 11.3 Å². The van der Waals surface area contributed by atoms with Crippen LogP contribution in [0.25, 0.3) is 0 Å². The fraction of sp³-hybridized carbons (Fsp3) is 0.500. The molecule has 0 saturated carbocycles. The molecule has 1 aromatic rings. The molecule has 0 spiro atoms. The Morgan fingerprint density at radius 3 is 3.10 bits per heavy atom. The number of aryl methyl sites for hydroxylation is 1. The second kappa shape index (κ2) is 5.64. The number of thiophene rings is 1. The molecule has 1 atom stereocenters. The number of carbonyl (C=O) groups is 2. The van der Waals surface area contributed by atoms with Crippen molar-refractivity contribution in [2.24, 2.45) is 5.41 Å². The molecule has 2 aliphatic rings. The molecule has 0 bridgehead atoms. The van der Waals surface area contributed by atoms with Crippen LogP contribution in [0.5, 0.6) is 0 Å². The second-order valence-electron chi connectivity index (χ2n) is 5.95. The van der Waals surface area contributed by atoms with Crippen molar-refractivity contribution in [3.8, 4) is 0 Å². The summed E-state index contributed by atoms with van der Waals surface area (Å²) in [4.78, 5) is 24.7. The SMILES string of the molecule is Cc1ccsc1C(=O)NCC12CCCC=C1NC(=O)CC2. The molecule has 112 valence electrons. The number of nitrogens with one attached hydrogen (secondary N) is 2. The summed E-state index contributed by atoms with van der Waals surface area (Å²) in [7, 11) is 0. The monoisotopic (exact) mass is 304 g/mol. The van der Waals surface area contributed by atoms with Crippen LogP contribution in [0.4, 0.5) is 0 Å². The molecular formula is C16H20N2O2S. The van der Waals surface area contributed by atoms with Gasteiger partial charge in [-0.05, 0) is 49.6 Å². The van der Waals surface area contributed by atoms with E-state index < -0.39 is 0 Å². The smallest absolute Gasteiger partial charge is 0.261 e. The predicted molar refractivity (Wildman–Crippen MR) is 83.1 cm³/mol. The summed E-state index contributed by atoms with van der Waals surface area (Å²) < 4.78 is 0. The van der Waals surface area contributed by atoms with Crippen molar-refractivity contribution in [3.63, 3.8) is 0 Å². The largest absolute Gasteiger partial charge is 0.350 e. The summed E-state index contributed by atoms with van der Waals surface area (Å²) in [5.74, 6) is 0.0953. The van der Waals surface area contributed by atoms with E-state index in [1.54, 1.807) is 0 Å². The number of allylic oxidation sites excluding steroid dienone is 1. The second-order valence-corrected chi connectivity index (χ2v) is 6.87. The fourth-order valence-electron chi connectivity index (χ4n) is 3.25. The molecule has 21 heavy (non-hydrogen) atoms. The summed E-state index contributed by atoms with van der Waals surface area (Å²) in [6.07, 6.45) is 6.66. The number of amides is 2. The van der Waals surface area contributed by atoms with E-state index in [0.717, 1.165) is 41.8 Å². The van der Waals surface area contributed by atoms with Crippen LogP contribution in [0.2, 0.25) is 0 Å². The lowest BCUT2D eigenvalue weighted by Crippen LogP contribution is -2.48. The molecule has 1 fully saturated rings. The van der Waals surface area contributed by atoms with Gasteiger partial charge in [-0.3, -0.25) is 9.59 Å². The molecule has 2 amide bonds. The van der Waals surface area contributed by atoms with E-state index >= 15 is 0 Å². The van der Waals surface area contributed by atoms with Gasteiger partial charge in [-0.2, -0.15) is 0 Å². The van der Waals surface area contributed by atoms with Crippen LogP contribution in [0.1, 0.15) is 47.3 Å². The lowest BCUT2D eigenvalue weighted by molar-refractivity contribution is -0.122. The van der Waals surface area contributed by atoms with Gasteiger partial charge in [0.25, 0.3) is 5.91 Å². The van der Waals surface area contributed by atoms with Crippen LogP contribution < -0.4 is 10.6 Å². The van der Waals surface area contributed by atoms with E-state index in [-0.39, 0.29) is 17.2 Å². The first-order chi connectivity index (χ1) is 10.1. The number of hydrogen-bond donors (Lipinski definition) is 2. The molecule has 1 unspecified atom stereocenters. The van der Waals surface area contributed by atoms with Crippen LogP contribution in [0.15, 0.2) is 23.2 Å². The Hall–Kier alpha value is -1.62. The van der Waals surface area contributed by atoms with Crippen LogP contribution in [0, 0.1) is 12.3 Å². The molecule has 1 aromatic heterocycles. The van der Waals surface area contributed by atoms with E-state index in [2.05, 4.69) is 16.7 Å². The third-order valence-corrected chi connectivity index (χ3v) is 5.55. The summed E-state index contributed by atoms with van der Waals surface area (Å²) >= 11 is 1.48. The standard InChI is InChI=1S/C16H20N2O2S/c1-11-6-9-21-14(11)15(20)17-10-16-7-3-2-4-12(16)18-13(19)5-8-16/h4,6,9H,2-3,5,7-8,10H2,1H3,(H,17,20)(H,18,19). The van der Waals surface area contributed by atoms with Gasteiger partial charge in [0.2, 0.25) is 5.91 Å². The molecular weight excluding hydrogens is 284 g/mol. The van der Waals surface area contributed by atoms with Gasteiger partial charge in [0.15, 0.2) is 0 Å². The van der Waals surface area contributed by atoms with Gasteiger partial charge in [-0.1, -0.05) is 6.08 Å². The van der Waals surface area contributed by atoms with Gasteiger partial charge in [0.1, 0.15) is 0 Å². The third-order valence-electron chi connectivity index (χ3n) is 4.54. The minimum Gasteiger partial charge on any atom is -0.350 e. The Bertz CT molecular complexity index is 605. The lowest BCUT2D eigenvalue weighted by Gasteiger charge is -2.42. The Morgan fingerprint density at radius 1 is 1.48 bits per heavy atom. The summed E-state index contributed by atoms with van der Waals surface area (Å²) in [5, 5.41) is 8.02. The number of piperidine rings is 1. The minimum atomic E-state index is -0.0764. The maximum Gasteiger partial charge on any atom is 0.261 e. The molecule has 4 nitrogen and oxygen atoms in total. The molecule has 0 radical (unpaired) electrons. The van der Waals surface area contributed by atoms with Gasteiger partial charge in [0.05, 0.1) is 4.88 Å². The summed E-state index contributed by atoms with van der Waals surface area (Å²) in [6.45, 7) is 2.56. The van der Waals surface area contributed by atoms with Crippen LogP contribution in [-0.4, -0.2) is 18.4 Å². The first-order valence-electron chi connectivity index (χ1n) is 7.43. The highest BCUT2D eigenvalue weighted by atomic mass is 32.1. The molecule has 3 rings (SSSR count). The van der Waals surface area contributed by atoms with E-state index in [4.69, 9.17) is 0 Å². The molecule has 0 aromatic carbocycles. The molecule has 2 N–H and O–H groups in total. The molecule has 5 heteroatoms. The van der Waals surface area contributed by atoms with Gasteiger partial charge in [-0.25, -0.2) is 0 Å². The Balaban J connectivity index is 1.72. The molecule has 1 aliphatic heterocycles. The van der Waals surface area contributed by atoms with E-state index in [0.29, 0.717) is 13.0 Å². The summed E-state index contributed by atoms with van der Waals surface area (Å²) in [5.41, 5.74) is 1.96. The molecule has 2 heterocycles. The average Bonchev–Trinajstić information content (AvgIpc) is 2.91. The zero-order chi connectivity index (χ0) is 14.9. The molecule has 1 aliphatic carbocycles. The zero-order valence-corrected chi connectivity index (χ0v) is 13.0. The number of fused-ring (bicyclic) bond motifs is 1. The predicted octanol–water partition coefficient (Wildman–Crippen LogP) is 2.75. The Kier molecular flexibility index (Phi) is 3.85. The first kappa shape index (κ1) is 14.3. The van der Waals surface area contributed by atoms with Crippen molar-refractivity contribution < 1.29 is 9.59 Å². The first-order valence-corrected chi connectivity index (χ1v) is 8.31. The van der Waals surface area contributed by atoms with Crippen molar-refractivity contribution in [2.45, 2.75) is 39.0 Å². The molecule has 1 saturated heterocycles. The zero-order valence-electron chi connectivity index (χ0n) is 12.2. The highest BCUT2D eigenvalue weighted by Gasteiger charge is 2.40. The highest BCUT2D eigenvalue weighted by molar-refractivity contribution is 7.12. The Labute approximate surface area is 128 Å². The minimum absolute atomic E-state index is 0.00121. The van der Waals surface area contributed by atoms with Crippen molar-refractivity contribution in [1.82, 2.24) is 10.6 Å².